The largest absolute Gasteiger partial charge is 0.378 e. The van der Waals surface area contributed by atoms with E-state index in [2.05, 4.69) is 10.3 Å². The average Bonchev–Trinajstić information content (AvgIpc) is 2.51. The minimum absolute atomic E-state index is 0.235. The zero-order valence-electron chi connectivity index (χ0n) is 11.7. The van der Waals surface area contributed by atoms with E-state index in [4.69, 9.17) is 5.84 Å². The van der Waals surface area contributed by atoms with Gasteiger partial charge in [0.15, 0.2) is 5.82 Å². The summed E-state index contributed by atoms with van der Waals surface area (Å²) in [5, 5.41) is 3.75. The molecule has 0 radical (unpaired) electrons. The molecule has 2 aromatic carbocycles. The Morgan fingerprint density at radius 3 is 2.62 bits per heavy atom. The molecule has 3 aromatic rings. The van der Waals surface area contributed by atoms with E-state index in [1.54, 1.807) is 12.1 Å². The van der Waals surface area contributed by atoms with Crippen LogP contribution in [-0.4, -0.2) is 9.66 Å². The lowest BCUT2D eigenvalue weighted by molar-refractivity contribution is 0.805. The fourth-order valence-electron chi connectivity index (χ4n) is 2.17. The van der Waals surface area contributed by atoms with Gasteiger partial charge in [-0.1, -0.05) is 29.8 Å². The lowest BCUT2D eigenvalue weighted by Crippen LogP contribution is -2.32. The molecule has 0 fully saturated rings. The highest BCUT2D eigenvalue weighted by molar-refractivity contribution is 5.77. The highest BCUT2D eigenvalue weighted by Gasteiger charge is 2.08. The van der Waals surface area contributed by atoms with Gasteiger partial charge in [0.2, 0.25) is 0 Å². The number of nitrogens with two attached hydrogens (primary N) is 1. The Morgan fingerprint density at radius 1 is 1.14 bits per heavy atom. The number of hydrogen-bond acceptors (Lipinski definition) is 4. The highest BCUT2D eigenvalue weighted by atomic mass is 16.1. The molecule has 5 nitrogen and oxygen atoms in total. The summed E-state index contributed by atoms with van der Waals surface area (Å²) in [5.41, 5.74) is 2.58. The number of nitrogens with one attached hydrogen (secondary N) is 1. The minimum Gasteiger partial charge on any atom is -0.378 e. The molecule has 21 heavy (non-hydrogen) atoms. The van der Waals surface area contributed by atoms with Crippen LogP contribution in [0, 0.1) is 6.92 Å². The molecule has 0 unspecified atom stereocenters. The van der Waals surface area contributed by atoms with Crippen LogP contribution >= 0.6 is 0 Å². The van der Waals surface area contributed by atoms with E-state index in [1.807, 2.05) is 43.3 Å². The van der Waals surface area contributed by atoms with Crippen molar-refractivity contribution in [3.8, 4) is 0 Å². The molecule has 0 saturated carbocycles. The summed E-state index contributed by atoms with van der Waals surface area (Å²) in [5.74, 6) is 6.34. The molecule has 3 N–H and O–H groups in total. The van der Waals surface area contributed by atoms with Gasteiger partial charge in [0.25, 0.3) is 5.56 Å². The molecule has 1 heterocycles. The Hall–Kier alpha value is -2.82. The van der Waals surface area contributed by atoms with Gasteiger partial charge in [0, 0.05) is 5.69 Å². The minimum atomic E-state index is -0.235. The van der Waals surface area contributed by atoms with Crippen molar-refractivity contribution in [1.82, 2.24) is 9.66 Å². The average molecular weight is 280 g/mol. The van der Waals surface area contributed by atoms with Gasteiger partial charge in [0.05, 0.1) is 17.4 Å². The first-order valence-electron chi connectivity index (χ1n) is 6.71. The summed E-state index contributed by atoms with van der Waals surface area (Å²) in [4.78, 5) is 16.6. The standard InChI is InChI=1S/C16H16N4O/c1-11-6-8-12(9-7-11)18-10-15-19-14-5-3-2-4-13(14)16(21)20(15)17/h2-9,18H,10,17H2,1H3. The highest BCUT2D eigenvalue weighted by Crippen LogP contribution is 2.11. The zero-order chi connectivity index (χ0) is 14.8. The van der Waals surface area contributed by atoms with Gasteiger partial charge in [-0.25, -0.2) is 9.66 Å². The quantitative estimate of drug-likeness (QED) is 0.720. The predicted molar refractivity (Wildman–Crippen MR) is 84.7 cm³/mol. The van der Waals surface area contributed by atoms with E-state index < -0.39 is 0 Å². The molecule has 0 aliphatic heterocycles. The molecule has 0 spiro atoms. The fourth-order valence-corrected chi connectivity index (χ4v) is 2.17. The molecule has 5 heteroatoms. The predicted octanol–water partition coefficient (Wildman–Crippen LogP) is 2.03. The number of nitrogens with zero attached hydrogens (tertiary/aromatic N) is 2. The first kappa shape index (κ1) is 13.2. The van der Waals surface area contributed by atoms with Crippen LogP contribution < -0.4 is 16.7 Å². The van der Waals surface area contributed by atoms with Crippen molar-refractivity contribution < 1.29 is 0 Å². The van der Waals surface area contributed by atoms with E-state index in [0.717, 1.165) is 10.4 Å². The lowest BCUT2D eigenvalue weighted by atomic mass is 10.2. The Balaban J connectivity index is 1.92. The van der Waals surface area contributed by atoms with Gasteiger partial charge >= 0.3 is 0 Å². The van der Waals surface area contributed by atoms with Crippen LogP contribution in [0.4, 0.5) is 5.69 Å². The van der Waals surface area contributed by atoms with Crippen LogP contribution in [0.15, 0.2) is 53.3 Å². The summed E-state index contributed by atoms with van der Waals surface area (Å²) in [6.45, 7) is 2.42. The van der Waals surface area contributed by atoms with Crippen molar-refractivity contribution in [3.05, 3.63) is 70.3 Å². The van der Waals surface area contributed by atoms with Crippen molar-refractivity contribution in [1.29, 1.82) is 0 Å². The number of anilines is 1. The zero-order valence-corrected chi connectivity index (χ0v) is 11.7. The molecule has 0 amide bonds. The normalized spacial score (nSPS) is 10.7. The fraction of sp³-hybridized carbons (Fsp3) is 0.125. The number of aromatic nitrogens is 2. The second-order valence-corrected chi connectivity index (χ2v) is 4.94. The number of hydrogen-bond donors (Lipinski definition) is 2. The summed E-state index contributed by atoms with van der Waals surface area (Å²) >= 11 is 0. The molecular formula is C16H16N4O. The topological polar surface area (TPSA) is 72.9 Å². The van der Waals surface area contributed by atoms with E-state index >= 15 is 0 Å². The van der Waals surface area contributed by atoms with Crippen LogP contribution in [0.3, 0.4) is 0 Å². The number of aryl methyl sites for hydroxylation is 1. The van der Waals surface area contributed by atoms with Crippen LogP contribution in [0.25, 0.3) is 10.9 Å². The maximum atomic E-state index is 12.2. The maximum absolute atomic E-state index is 12.2. The van der Waals surface area contributed by atoms with Crippen molar-refractivity contribution in [2.24, 2.45) is 0 Å². The van der Waals surface area contributed by atoms with E-state index in [-0.39, 0.29) is 5.56 Å². The third kappa shape index (κ3) is 2.58. The Morgan fingerprint density at radius 2 is 1.86 bits per heavy atom. The molecule has 0 bridgehead atoms. The summed E-state index contributed by atoms with van der Waals surface area (Å²) < 4.78 is 1.10. The van der Waals surface area contributed by atoms with Crippen molar-refractivity contribution in [3.63, 3.8) is 0 Å². The smallest absolute Gasteiger partial charge is 0.279 e. The van der Waals surface area contributed by atoms with E-state index in [9.17, 15) is 4.79 Å². The Labute approximate surface area is 122 Å². The molecule has 0 aliphatic rings. The van der Waals surface area contributed by atoms with Crippen LogP contribution in [0.2, 0.25) is 0 Å². The monoisotopic (exact) mass is 280 g/mol. The SMILES string of the molecule is Cc1ccc(NCc2nc3ccccc3c(=O)n2N)cc1. The van der Waals surface area contributed by atoms with Crippen molar-refractivity contribution in [2.75, 3.05) is 11.2 Å². The van der Waals surface area contributed by atoms with Gasteiger partial charge in [-0.15, -0.1) is 0 Å². The molecule has 0 saturated heterocycles. The van der Waals surface area contributed by atoms with Gasteiger partial charge in [-0.3, -0.25) is 4.79 Å². The lowest BCUT2D eigenvalue weighted by Gasteiger charge is -2.10. The Bertz CT molecular complexity index is 837. The second-order valence-electron chi connectivity index (χ2n) is 4.94. The molecule has 0 aliphatic carbocycles. The third-order valence-electron chi connectivity index (χ3n) is 3.38. The summed E-state index contributed by atoms with van der Waals surface area (Å²) in [6, 6.07) is 15.2. The Kier molecular flexibility index (Phi) is 3.31. The van der Waals surface area contributed by atoms with E-state index in [0.29, 0.717) is 23.3 Å². The first-order chi connectivity index (χ1) is 10.1. The third-order valence-corrected chi connectivity index (χ3v) is 3.38. The summed E-state index contributed by atoms with van der Waals surface area (Å²) in [6.07, 6.45) is 0. The van der Waals surface area contributed by atoms with Gasteiger partial charge in [-0.2, -0.15) is 0 Å². The van der Waals surface area contributed by atoms with Gasteiger partial charge in [-0.05, 0) is 31.2 Å². The molecule has 3 rings (SSSR count). The number of nitrogen functional groups attached to an aromatic ring is 1. The first-order valence-corrected chi connectivity index (χ1v) is 6.71. The number of para-hydroxylation sites is 1. The molecule has 0 atom stereocenters. The van der Waals surface area contributed by atoms with Crippen molar-refractivity contribution in [2.45, 2.75) is 13.5 Å². The number of rotatable bonds is 3. The number of benzene rings is 2. The van der Waals surface area contributed by atoms with Crippen LogP contribution in [0.1, 0.15) is 11.4 Å². The van der Waals surface area contributed by atoms with Crippen LogP contribution in [-0.2, 0) is 6.54 Å². The number of fused-ring (bicyclic) bond motifs is 1. The molecular weight excluding hydrogens is 264 g/mol. The van der Waals surface area contributed by atoms with Gasteiger partial charge < -0.3 is 11.2 Å². The summed E-state index contributed by atoms with van der Waals surface area (Å²) in [7, 11) is 0. The molecule has 1 aromatic heterocycles. The van der Waals surface area contributed by atoms with Gasteiger partial charge in [0.1, 0.15) is 0 Å². The molecule has 106 valence electrons. The maximum Gasteiger partial charge on any atom is 0.279 e. The van der Waals surface area contributed by atoms with E-state index in [1.165, 1.54) is 5.56 Å². The van der Waals surface area contributed by atoms with Crippen LogP contribution in [0.5, 0.6) is 0 Å². The second kappa shape index (κ2) is 5.28. The van der Waals surface area contributed by atoms with Crippen molar-refractivity contribution >= 4 is 16.6 Å².